The normalized spacial score (nSPS) is 11.9. The minimum absolute atomic E-state index is 0.0457. The van der Waals surface area contributed by atoms with Crippen molar-refractivity contribution in [2.75, 3.05) is 18.5 Å². The number of anilines is 1. The van der Waals surface area contributed by atoms with Crippen molar-refractivity contribution < 1.29 is 4.74 Å². The van der Waals surface area contributed by atoms with Gasteiger partial charge in [-0.1, -0.05) is 45.1 Å². The molecule has 1 aromatic heterocycles. The maximum Gasteiger partial charge on any atom is 0.183 e. The Labute approximate surface area is 131 Å². The number of nitrogens with one attached hydrogen (secondary N) is 1. The molecule has 0 spiro atoms. The van der Waals surface area contributed by atoms with Crippen LogP contribution < -0.4 is 10.1 Å². The van der Waals surface area contributed by atoms with E-state index in [0.717, 1.165) is 29.4 Å². The number of nitrogens with zero attached hydrogens (tertiary/aromatic N) is 1. The molecule has 0 saturated heterocycles. The second kappa shape index (κ2) is 6.22. The van der Waals surface area contributed by atoms with Crippen LogP contribution in [-0.2, 0) is 5.41 Å². The van der Waals surface area contributed by atoms with Crippen LogP contribution in [0.1, 0.15) is 52.2 Å². The second-order valence-corrected chi connectivity index (χ2v) is 7.38. The van der Waals surface area contributed by atoms with Gasteiger partial charge in [0, 0.05) is 12.1 Å². The summed E-state index contributed by atoms with van der Waals surface area (Å²) < 4.78 is 7.19. The molecule has 1 aromatic carbocycles. The predicted octanol–water partition coefficient (Wildman–Crippen LogP) is 5.12. The van der Waals surface area contributed by atoms with Gasteiger partial charge in [0.15, 0.2) is 5.13 Å². The van der Waals surface area contributed by atoms with Crippen molar-refractivity contribution in [1.29, 1.82) is 0 Å². The van der Waals surface area contributed by atoms with Crippen LogP contribution in [0.3, 0.4) is 0 Å². The van der Waals surface area contributed by atoms with E-state index in [-0.39, 0.29) is 5.41 Å². The third-order valence-electron chi connectivity index (χ3n) is 3.43. The van der Waals surface area contributed by atoms with Crippen molar-refractivity contribution in [3.8, 4) is 5.75 Å². The molecule has 0 aliphatic rings. The second-order valence-electron chi connectivity index (χ2n) is 6.38. The Hall–Kier alpha value is -1.29. The van der Waals surface area contributed by atoms with E-state index in [1.165, 1.54) is 15.8 Å². The monoisotopic (exact) mass is 306 g/mol. The zero-order valence-electron chi connectivity index (χ0n) is 14.0. The molecular weight excluding hydrogens is 280 g/mol. The van der Waals surface area contributed by atoms with Crippen molar-refractivity contribution in [2.24, 2.45) is 0 Å². The van der Waals surface area contributed by atoms with Crippen LogP contribution in [-0.4, -0.2) is 18.1 Å². The van der Waals surface area contributed by atoms with Crippen LogP contribution in [0.4, 0.5) is 5.13 Å². The van der Waals surface area contributed by atoms with Gasteiger partial charge in [0.2, 0.25) is 0 Å². The lowest BCUT2D eigenvalue weighted by Crippen LogP contribution is -2.14. The van der Waals surface area contributed by atoms with Gasteiger partial charge in [-0.2, -0.15) is 0 Å². The Bertz CT molecular complexity index is 626. The van der Waals surface area contributed by atoms with E-state index in [2.05, 4.69) is 46.0 Å². The van der Waals surface area contributed by atoms with Gasteiger partial charge >= 0.3 is 0 Å². The Kier molecular flexibility index (Phi) is 4.77. The number of benzene rings is 1. The topological polar surface area (TPSA) is 34.2 Å². The molecule has 21 heavy (non-hydrogen) atoms. The molecule has 0 atom stereocenters. The Morgan fingerprint density at radius 2 is 2.00 bits per heavy atom. The summed E-state index contributed by atoms with van der Waals surface area (Å²) in [5.74, 6) is 0.950. The maximum atomic E-state index is 5.97. The third kappa shape index (κ3) is 3.31. The van der Waals surface area contributed by atoms with E-state index in [0.29, 0.717) is 6.61 Å². The molecule has 0 amide bonds. The minimum Gasteiger partial charge on any atom is -0.491 e. The highest BCUT2D eigenvalue weighted by atomic mass is 32.1. The molecule has 0 unspecified atom stereocenters. The lowest BCUT2D eigenvalue weighted by atomic mass is 9.85. The number of hydrogen-bond donors (Lipinski definition) is 1. The largest absolute Gasteiger partial charge is 0.491 e. The standard InChI is InChI=1S/C17H26N2OS/c1-7-9-18-16-19-13-14(20-8-2)12(17(4,5)6)10-11(3)15(13)21-16/h10H,7-9H2,1-6H3,(H,18,19). The summed E-state index contributed by atoms with van der Waals surface area (Å²) in [6.07, 6.45) is 1.10. The summed E-state index contributed by atoms with van der Waals surface area (Å²) in [5, 5.41) is 4.38. The Morgan fingerprint density at radius 3 is 2.57 bits per heavy atom. The number of aromatic nitrogens is 1. The number of rotatable bonds is 5. The summed E-state index contributed by atoms with van der Waals surface area (Å²) in [5.41, 5.74) is 3.57. The number of aryl methyl sites for hydroxylation is 1. The van der Waals surface area contributed by atoms with E-state index in [1.807, 2.05) is 6.92 Å². The fourth-order valence-corrected chi connectivity index (χ4v) is 3.33. The minimum atomic E-state index is 0.0457. The lowest BCUT2D eigenvalue weighted by Gasteiger charge is -2.23. The van der Waals surface area contributed by atoms with Crippen molar-refractivity contribution >= 4 is 26.7 Å². The Morgan fingerprint density at radius 1 is 1.29 bits per heavy atom. The summed E-state index contributed by atoms with van der Waals surface area (Å²) >= 11 is 1.72. The molecule has 0 fully saturated rings. The summed E-state index contributed by atoms with van der Waals surface area (Å²) in [6, 6.07) is 2.26. The van der Waals surface area contributed by atoms with Crippen molar-refractivity contribution in [3.05, 3.63) is 17.2 Å². The first-order valence-corrected chi connectivity index (χ1v) is 8.51. The van der Waals surface area contributed by atoms with Gasteiger partial charge in [-0.15, -0.1) is 0 Å². The highest BCUT2D eigenvalue weighted by Gasteiger charge is 2.24. The molecule has 1 N–H and O–H groups in total. The average molecular weight is 306 g/mol. The van der Waals surface area contributed by atoms with Gasteiger partial charge in [0.05, 0.1) is 11.3 Å². The van der Waals surface area contributed by atoms with Crippen LogP contribution in [0.2, 0.25) is 0 Å². The smallest absolute Gasteiger partial charge is 0.183 e. The molecule has 2 rings (SSSR count). The van der Waals surface area contributed by atoms with E-state index in [9.17, 15) is 0 Å². The molecule has 0 radical (unpaired) electrons. The molecule has 1 heterocycles. The predicted molar refractivity (Wildman–Crippen MR) is 93.0 cm³/mol. The van der Waals surface area contributed by atoms with Gasteiger partial charge in [-0.05, 0) is 31.2 Å². The molecule has 2 aromatic rings. The summed E-state index contributed by atoms with van der Waals surface area (Å²) in [4.78, 5) is 4.79. The highest BCUT2D eigenvalue weighted by molar-refractivity contribution is 7.22. The third-order valence-corrected chi connectivity index (χ3v) is 4.58. The van der Waals surface area contributed by atoms with Gasteiger partial charge in [-0.3, -0.25) is 0 Å². The molecule has 0 bridgehead atoms. The van der Waals surface area contributed by atoms with E-state index in [4.69, 9.17) is 9.72 Å². The van der Waals surface area contributed by atoms with Crippen molar-refractivity contribution in [3.63, 3.8) is 0 Å². The average Bonchev–Trinajstić information content (AvgIpc) is 2.83. The first-order valence-electron chi connectivity index (χ1n) is 7.69. The van der Waals surface area contributed by atoms with Gasteiger partial charge < -0.3 is 10.1 Å². The SMILES string of the molecule is CCCNc1nc2c(OCC)c(C(C)(C)C)cc(C)c2s1. The fraction of sp³-hybridized carbons (Fsp3) is 0.588. The van der Waals surface area contributed by atoms with Crippen molar-refractivity contribution in [2.45, 2.75) is 53.4 Å². The maximum absolute atomic E-state index is 5.97. The zero-order chi connectivity index (χ0) is 15.6. The van der Waals surface area contributed by atoms with Crippen LogP contribution in [0.5, 0.6) is 5.75 Å². The van der Waals surface area contributed by atoms with Crippen LogP contribution in [0.15, 0.2) is 6.07 Å². The van der Waals surface area contributed by atoms with Gasteiger partial charge in [0.1, 0.15) is 11.3 Å². The Balaban J connectivity index is 2.63. The lowest BCUT2D eigenvalue weighted by molar-refractivity contribution is 0.333. The molecule has 3 nitrogen and oxygen atoms in total. The quantitative estimate of drug-likeness (QED) is 0.832. The molecule has 0 aliphatic heterocycles. The highest BCUT2D eigenvalue weighted by Crippen LogP contribution is 2.42. The van der Waals surface area contributed by atoms with Gasteiger partial charge in [0.25, 0.3) is 0 Å². The van der Waals surface area contributed by atoms with Gasteiger partial charge in [-0.25, -0.2) is 4.98 Å². The molecule has 116 valence electrons. The summed E-state index contributed by atoms with van der Waals surface area (Å²) in [7, 11) is 0. The molecule has 0 aliphatic carbocycles. The van der Waals surface area contributed by atoms with Crippen LogP contribution in [0.25, 0.3) is 10.2 Å². The first kappa shape index (κ1) is 16.1. The van der Waals surface area contributed by atoms with Crippen molar-refractivity contribution in [1.82, 2.24) is 4.98 Å². The number of ether oxygens (including phenoxy) is 1. The van der Waals surface area contributed by atoms with E-state index in [1.54, 1.807) is 11.3 Å². The fourth-order valence-electron chi connectivity index (χ4n) is 2.37. The number of thiazole rings is 1. The van der Waals surface area contributed by atoms with E-state index < -0.39 is 0 Å². The molecule has 0 saturated carbocycles. The van der Waals surface area contributed by atoms with Crippen LogP contribution >= 0.6 is 11.3 Å². The van der Waals surface area contributed by atoms with Crippen LogP contribution in [0, 0.1) is 6.92 Å². The number of fused-ring (bicyclic) bond motifs is 1. The first-order chi connectivity index (χ1) is 9.88. The zero-order valence-corrected chi connectivity index (χ0v) is 14.8. The molecular formula is C17H26N2OS. The summed E-state index contributed by atoms with van der Waals surface area (Å²) in [6.45, 7) is 14.6. The number of hydrogen-bond acceptors (Lipinski definition) is 4. The van der Waals surface area contributed by atoms with E-state index >= 15 is 0 Å². The molecule has 4 heteroatoms.